The van der Waals surface area contributed by atoms with Crippen LogP contribution in [0.25, 0.3) is 22.6 Å². The van der Waals surface area contributed by atoms with Gasteiger partial charge in [0.15, 0.2) is 5.76 Å². The first-order chi connectivity index (χ1) is 15.0. The minimum atomic E-state index is -4.99. The van der Waals surface area contributed by atoms with Crippen LogP contribution in [0.5, 0.6) is 5.75 Å². The quantitative estimate of drug-likeness (QED) is 0.326. The number of rotatable bonds is 5. The van der Waals surface area contributed by atoms with Crippen molar-refractivity contribution in [3.8, 4) is 17.3 Å². The molecule has 0 radical (unpaired) electrons. The lowest BCUT2D eigenvalue weighted by Crippen LogP contribution is -2.37. The third kappa shape index (κ3) is 4.58. The third-order valence-electron chi connectivity index (χ3n) is 4.27. The Morgan fingerprint density at radius 1 is 1.00 bits per heavy atom. The van der Waals surface area contributed by atoms with Crippen LogP contribution in [0.3, 0.4) is 0 Å². The van der Waals surface area contributed by atoms with Crippen molar-refractivity contribution in [2.24, 2.45) is 0 Å². The molecule has 2 heterocycles. The van der Waals surface area contributed by atoms with Gasteiger partial charge in [-0.25, -0.2) is 4.39 Å². The summed E-state index contributed by atoms with van der Waals surface area (Å²) in [6.45, 7) is -0.951. The number of fused-ring (bicyclic) bond motifs is 1. The van der Waals surface area contributed by atoms with Crippen molar-refractivity contribution in [3.05, 3.63) is 53.8 Å². The molecule has 32 heavy (non-hydrogen) atoms. The third-order valence-corrected chi connectivity index (χ3v) is 4.27. The fourth-order valence-electron chi connectivity index (χ4n) is 2.93. The summed E-state index contributed by atoms with van der Waals surface area (Å²) in [5.41, 5.74) is -0.782. The summed E-state index contributed by atoms with van der Waals surface area (Å²) in [6, 6.07) is 6.53. The van der Waals surface area contributed by atoms with Gasteiger partial charge in [-0.3, -0.25) is 4.90 Å². The average molecular weight is 461 g/mol. The normalized spacial score (nSPS) is 12.3. The zero-order valence-electron chi connectivity index (χ0n) is 15.5. The van der Waals surface area contributed by atoms with Crippen LogP contribution in [-0.4, -0.2) is 33.3 Å². The zero-order valence-corrected chi connectivity index (χ0v) is 15.5. The fraction of sp³-hybridized carbons (Fsp3) is 0.167. The highest BCUT2D eigenvalue weighted by molar-refractivity contribution is 5.82. The highest BCUT2D eigenvalue weighted by Gasteiger charge is 2.38. The number of hydrogen-bond acceptors (Lipinski definition) is 6. The Kier molecular flexibility index (Phi) is 5.14. The maximum Gasteiger partial charge on any atom is 0.573 e. The van der Waals surface area contributed by atoms with Gasteiger partial charge in [0.1, 0.15) is 17.1 Å². The number of H-pyrrole nitrogens is 1. The largest absolute Gasteiger partial charge is 0.573 e. The molecule has 0 spiro atoms. The summed E-state index contributed by atoms with van der Waals surface area (Å²) in [6.07, 6.45) is -9.95. The van der Waals surface area contributed by atoms with E-state index in [1.54, 1.807) is 0 Å². The number of aromatic nitrogens is 4. The molecule has 0 fully saturated rings. The van der Waals surface area contributed by atoms with Crippen molar-refractivity contribution in [2.45, 2.75) is 19.2 Å². The molecule has 4 aromatic rings. The Hall–Kier alpha value is -3.84. The van der Waals surface area contributed by atoms with Gasteiger partial charge in [0, 0.05) is 22.7 Å². The van der Waals surface area contributed by atoms with Crippen LogP contribution in [0, 0.1) is 5.82 Å². The molecule has 0 saturated carbocycles. The predicted molar refractivity (Wildman–Crippen MR) is 94.7 cm³/mol. The van der Waals surface area contributed by atoms with Gasteiger partial charge in [0.05, 0.1) is 6.54 Å². The Balaban J connectivity index is 1.65. The number of furan rings is 1. The summed E-state index contributed by atoms with van der Waals surface area (Å²) < 4.78 is 101. The number of hydrogen-bond donors (Lipinski definition) is 1. The van der Waals surface area contributed by atoms with E-state index in [4.69, 9.17) is 4.42 Å². The monoisotopic (exact) mass is 461 g/mol. The standard InChI is InChI=1S/C18H10F7N5O2/c19-13-7-14-9(6-15(31-14)16-26-28-29-27-16)5-10(13)8-30(17(20,21)22)11-1-3-12(4-2-11)32-18(23,24)25/h1-7H,8H2,(H,26,27,28,29). The van der Waals surface area contributed by atoms with Crippen molar-refractivity contribution >= 4 is 16.7 Å². The SMILES string of the molecule is Fc1cc2oc(-c3nn[nH]n3)cc2cc1CN(c1ccc(OC(F)(F)F)cc1)C(F)(F)F. The minimum Gasteiger partial charge on any atom is -0.452 e. The van der Waals surface area contributed by atoms with E-state index >= 15 is 0 Å². The van der Waals surface area contributed by atoms with Crippen LogP contribution >= 0.6 is 0 Å². The van der Waals surface area contributed by atoms with Crippen LogP contribution in [0.1, 0.15) is 5.56 Å². The van der Waals surface area contributed by atoms with Gasteiger partial charge in [-0.15, -0.1) is 23.4 Å². The maximum atomic E-state index is 14.5. The van der Waals surface area contributed by atoms with Gasteiger partial charge >= 0.3 is 12.7 Å². The molecule has 0 aliphatic rings. The lowest BCUT2D eigenvalue weighted by Gasteiger charge is -2.27. The molecule has 0 aliphatic heterocycles. The molecular formula is C18H10F7N5O2. The highest BCUT2D eigenvalue weighted by Crippen LogP contribution is 2.34. The van der Waals surface area contributed by atoms with Crippen LogP contribution in [0.15, 0.2) is 46.9 Å². The molecule has 0 amide bonds. The van der Waals surface area contributed by atoms with E-state index in [-0.39, 0.29) is 33.0 Å². The van der Waals surface area contributed by atoms with E-state index in [9.17, 15) is 30.7 Å². The summed E-state index contributed by atoms with van der Waals surface area (Å²) in [5, 5.41) is 13.3. The fourth-order valence-corrected chi connectivity index (χ4v) is 2.93. The van der Waals surface area contributed by atoms with Crippen molar-refractivity contribution < 1.29 is 39.9 Å². The second-order valence-electron chi connectivity index (χ2n) is 6.42. The van der Waals surface area contributed by atoms with E-state index in [1.807, 2.05) is 0 Å². The Morgan fingerprint density at radius 2 is 1.72 bits per heavy atom. The predicted octanol–water partition coefficient (Wildman–Crippen LogP) is 5.18. The first-order valence-corrected chi connectivity index (χ1v) is 8.65. The zero-order chi connectivity index (χ0) is 23.1. The van der Waals surface area contributed by atoms with Gasteiger partial charge in [-0.1, -0.05) is 0 Å². The van der Waals surface area contributed by atoms with Crippen LogP contribution < -0.4 is 9.64 Å². The van der Waals surface area contributed by atoms with Crippen LogP contribution in [-0.2, 0) is 6.54 Å². The van der Waals surface area contributed by atoms with Gasteiger partial charge < -0.3 is 9.15 Å². The van der Waals surface area contributed by atoms with Gasteiger partial charge in [0.25, 0.3) is 0 Å². The second-order valence-corrected chi connectivity index (χ2v) is 6.42. The number of nitrogens with one attached hydrogen (secondary N) is 1. The van der Waals surface area contributed by atoms with Crippen molar-refractivity contribution in [2.75, 3.05) is 4.90 Å². The molecule has 0 bridgehead atoms. The number of anilines is 1. The topological polar surface area (TPSA) is 80.1 Å². The van der Waals surface area contributed by atoms with Crippen LogP contribution in [0.4, 0.5) is 36.4 Å². The Labute approximate surface area is 173 Å². The van der Waals surface area contributed by atoms with E-state index in [0.29, 0.717) is 0 Å². The summed E-state index contributed by atoms with van der Waals surface area (Å²) in [4.78, 5) is -0.116. The summed E-state index contributed by atoms with van der Waals surface area (Å²) in [5.74, 6) is -1.47. The van der Waals surface area contributed by atoms with E-state index in [2.05, 4.69) is 25.4 Å². The molecule has 2 aromatic carbocycles. The van der Waals surface area contributed by atoms with Crippen molar-refractivity contribution in [3.63, 3.8) is 0 Å². The Morgan fingerprint density at radius 3 is 2.31 bits per heavy atom. The molecule has 168 valence electrons. The lowest BCUT2D eigenvalue weighted by atomic mass is 10.1. The molecule has 0 aliphatic carbocycles. The van der Waals surface area contributed by atoms with E-state index in [0.717, 1.165) is 36.4 Å². The minimum absolute atomic E-state index is 0.0539. The molecule has 0 unspecified atom stereocenters. The molecule has 2 aromatic heterocycles. The number of tetrazole rings is 1. The first-order valence-electron chi connectivity index (χ1n) is 8.65. The molecular weight excluding hydrogens is 451 g/mol. The number of alkyl halides is 6. The highest BCUT2D eigenvalue weighted by atomic mass is 19.4. The maximum absolute atomic E-state index is 14.5. The second kappa shape index (κ2) is 7.69. The molecule has 0 atom stereocenters. The van der Waals surface area contributed by atoms with Gasteiger partial charge in [0.2, 0.25) is 5.82 Å². The molecule has 7 nitrogen and oxygen atoms in total. The average Bonchev–Trinajstić information content (AvgIpc) is 3.34. The number of benzene rings is 2. The number of ether oxygens (including phenoxy) is 1. The van der Waals surface area contributed by atoms with E-state index in [1.165, 1.54) is 6.07 Å². The van der Waals surface area contributed by atoms with E-state index < -0.39 is 36.5 Å². The first kappa shape index (κ1) is 21.4. The number of aromatic amines is 1. The number of nitrogens with zero attached hydrogens (tertiary/aromatic N) is 4. The number of halogens is 7. The Bertz CT molecular complexity index is 1220. The molecule has 14 heteroatoms. The smallest absolute Gasteiger partial charge is 0.452 e. The lowest BCUT2D eigenvalue weighted by molar-refractivity contribution is -0.274. The molecule has 0 saturated heterocycles. The van der Waals surface area contributed by atoms with Crippen molar-refractivity contribution in [1.29, 1.82) is 0 Å². The summed E-state index contributed by atoms with van der Waals surface area (Å²) >= 11 is 0. The molecule has 4 rings (SSSR count). The van der Waals surface area contributed by atoms with Gasteiger partial charge in [-0.05, 0) is 41.6 Å². The summed E-state index contributed by atoms with van der Waals surface area (Å²) in [7, 11) is 0. The van der Waals surface area contributed by atoms with Crippen molar-refractivity contribution in [1.82, 2.24) is 20.6 Å². The van der Waals surface area contributed by atoms with Crippen LogP contribution in [0.2, 0.25) is 0 Å². The van der Waals surface area contributed by atoms with Gasteiger partial charge in [-0.2, -0.15) is 18.4 Å². The molecule has 1 N–H and O–H groups in total.